The Kier molecular flexibility index (Phi) is 4.37. The van der Waals surface area contributed by atoms with Gasteiger partial charge in [0.25, 0.3) is 0 Å². The van der Waals surface area contributed by atoms with Crippen LogP contribution in [0.1, 0.15) is 17.5 Å². The van der Waals surface area contributed by atoms with E-state index in [0.29, 0.717) is 0 Å². The van der Waals surface area contributed by atoms with Crippen molar-refractivity contribution in [3.05, 3.63) is 76.2 Å². The van der Waals surface area contributed by atoms with Gasteiger partial charge in [0.15, 0.2) is 0 Å². The summed E-state index contributed by atoms with van der Waals surface area (Å²) < 4.78 is 1.26. The van der Waals surface area contributed by atoms with Gasteiger partial charge in [-0.3, -0.25) is 0 Å². The molecule has 0 aromatic heterocycles. The van der Waals surface area contributed by atoms with Crippen molar-refractivity contribution in [2.75, 3.05) is 0 Å². The maximum atomic E-state index is 4.01. The van der Waals surface area contributed by atoms with Crippen LogP contribution in [0.25, 0.3) is 11.6 Å². The molecular weight excluding hydrogens is 319 g/mol. The van der Waals surface area contributed by atoms with Crippen molar-refractivity contribution in [3.8, 4) is 0 Å². The molecular formula is C16H14I. The molecule has 0 aliphatic heterocycles. The largest absolute Gasteiger partial charge is 0.0622 e. The van der Waals surface area contributed by atoms with E-state index < -0.39 is 0 Å². The molecule has 0 aliphatic rings. The molecule has 0 aliphatic carbocycles. The number of hydrogen-bond acceptors (Lipinski definition) is 0. The van der Waals surface area contributed by atoms with Crippen molar-refractivity contribution >= 4 is 34.2 Å². The topological polar surface area (TPSA) is 0 Å². The zero-order valence-electron chi connectivity index (χ0n) is 9.57. The zero-order valence-corrected chi connectivity index (χ0v) is 11.7. The van der Waals surface area contributed by atoms with Crippen LogP contribution in [0.15, 0.2) is 54.6 Å². The van der Waals surface area contributed by atoms with Crippen LogP contribution in [-0.4, -0.2) is 0 Å². The molecule has 0 saturated heterocycles. The first-order chi connectivity index (χ1) is 8.29. The maximum absolute atomic E-state index is 4.01. The molecule has 0 fully saturated rings. The van der Waals surface area contributed by atoms with Crippen molar-refractivity contribution in [1.82, 2.24) is 0 Å². The molecule has 0 bridgehead atoms. The lowest BCUT2D eigenvalue weighted by Crippen LogP contribution is -1.83. The molecule has 0 unspecified atom stereocenters. The molecule has 1 heteroatoms. The van der Waals surface area contributed by atoms with Gasteiger partial charge in [0, 0.05) is 3.57 Å². The van der Waals surface area contributed by atoms with Gasteiger partial charge in [0.05, 0.1) is 0 Å². The van der Waals surface area contributed by atoms with Crippen LogP contribution in [-0.2, 0) is 0 Å². The first-order valence-electron chi connectivity index (χ1n) is 5.60. The lowest BCUT2D eigenvalue weighted by Gasteiger charge is -2.05. The van der Waals surface area contributed by atoms with E-state index in [0.717, 1.165) is 6.42 Å². The molecule has 0 heterocycles. The summed E-state index contributed by atoms with van der Waals surface area (Å²) >= 11 is 2.32. The van der Waals surface area contributed by atoms with Gasteiger partial charge in [-0.05, 0) is 64.8 Å². The van der Waals surface area contributed by atoms with E-state index in [1.54, 1.807) is 0 Å². The summed E-state index contributed by atoms with van der Waals surface area (Å²) in [6.07, 6.45) is 3.01. The van der Waals surface area contributed by atoms with Crippen LogP contribution < -0.4 is 0 Å². The van der Waals surface area contributed by atoms with E-state index >= 15 is 0 Å². The van der Waals surface area contributed by atoms with Gasteiger partial charge in [0.2, 0.25) is 0 Å². The molecule has 0 spiro atoms. The molecule has 1 radical (unpaired) electrons. The Labute approximate surface area is 117 Å². The summed E-state index contributed by atoms with van der Waals surface area (Å²) in [7, 11) is 0. The lowest BCUT2D eigenvalue weighted by atomic mass is 10.0. The molecule has 0 amide bonds. The highest BCUT2D eigenvalue weighted by atomic mass is 127. The maximum Gasteiger partial charge on any atom is 0.0130 e. The number of allylic oxidation sites excluding steroid dienone is 1. The second kappa shape index (κ2) is 6.01. The fourth-order valence-electron chi connectivity index (χ4n) is 1.71. The monoisotopic (exact) mass is 333 g/mol. The number of rotatable bonds is 3. The molecule has 0 atom stereocenters. The molecule has 0 saturated carbocycles. The van der Waals surface area contributed by atoms with Crippen LogP contribution in [0.2, 0.25) is 0 Å². The van der Waals surface area contributed by atoms with Gasteiger partial charge in [-0.2, -0.15) is 0 Å². The van der Waals surface area contributed by atoms with E-state index in [1.807, 2.05) is 6.07 Å². The minimum absolute atomic E-state index is 0.802. The van der Waals surface area contributed by atoms with Crippen LogP contribution in [0.3, 0.4) is 0 Å². The van der Waals surface area contributed by atoms with E-state index in [2.05, 4.69) is 84.1 Å². The van der Waals surface area contributed by atoms with Crippen LogP contribution in [0.4, 0.5) is 0 Å². The summed E-state index contributed by atoms with van der Waals surface area (Å²) in [5.74, 6) is 0. The Balaban J connectivity index is 2.33. The first-order valence-corrected chi connectivity index (χ1v) is 6.68. The van der Waals surface area contributed by atoms with Crippen molar-refractivity contribution in [1.29, 1.82) is 0 Å². The van der Waals surface area contributed by atoms with E-state index in [9.17, 15) is 0 Å². The molecule has 2 aromatic rings. The van der Waals surface area contributed by atoms with Crippen molar-refractivity contribution in [2.45, 2.75) is 6.42 Å². The smallest absolute Gasteiger partial charge is 0.0130 e. The Hall–Kier alpha value is -1.09. The third-order valence-electron chi connectivity index (χ3n) is 2.62. The third kappa shape index (κ3) is 3.43. The fraction of sp³-hybridized carbons (Fsp3) is 0.0625. The molecule has 2 aromatic carbocycles. The number of hydrogen-bond donors (Lipinski definition) is 0. The highest BCUT2D eigenvalue weighted by Gasteiger charge is 1.98. The highest BCUT2D eigenvalue weighted by Crippen LogP contribution is 2.21. The van der Waals surface area contributed by atoms with E-state index in [4.69, 9.17) is 0 Å². The second-order valence-electron chi connectivity index (χ2n) is 3.84. The van der Waals surface area contributed by atoms with E-state index in [1.165, 1.54) is 20.3 Å². The SMILES string of the molecule is [CH2]C/C(=C\c1ccc(I)cc1)c1ccccc1. The molecule has 85 valence electrons. The standard InChI is InChI=1S/C16H14I/c1-2-14(15-6-4-3-5-7-15)12-13-8-10-16(17)11-9-13/h3-12H,1-2H2/b14-12+. The van der Waals surface area contributed by atoms with Gasteiger partial charge < -0.3 is 0 Å². The molecule has 2 rings (SSSR count). The van der Waals surface area contributed by atoms with Gasteiger partial charge in [-0.25, -0.2) is 0 Å². The Morgan fingerprint density at radius 1 is 1.00 bits per heavy atom. The van der Waals surface area contributed by atoms with Crippen molar-refractivity contribution in [2.24, 2.45) is 0 Å². The number of halogens is 1. The summed E-state index contributed by atoms with van der Waals surface area (Å²) in [5, 5.41) is 0. The van der Waals surface area contributed by atoms with Crippen molar-refractivity contribution in [3.63, 3.8) is 0 Å². The summed E-state index contributed by atoms with van der Waals surface area (Å²) in [6.45, 7) is 4.01. The quantitative estimate of drug-likeness (QED) is 0.544. The van der Waals surface area contributed by atoms with Crippen LogP contribution >= 0.6 is 22.6 Å². The van der Waals surface area contributed by atoms with Gasteiger partial charge >= 0.3 is 0 Å². The minimum atomic E-state index is 0.802. The lowest BCUT2D eigenvalue weighted by molar-refractivity contribution is 1.40. The highest BCUT2D eigenvalue weighted by molar-refractivity contribution is 14.1. The summed E-state index contributed by atoms with van der Waals surface area (Å²) in [5.41, 5.74) is 3.75. The Bertz CT molecular complexity index is 495. The zero-order chi connectivity index (χ0) is 12.1. The first kappa shape index (κ1) is 12.4. The third-order valence-corrected chi connectivity index (χ3v) is 3.34. The van der Waals surface area contributed by atoms with Crippen molar-refractivity contribution < 1.29 is 0 Å². The molecule has 0 N–H and O–H groups in total. The number of benzene rings is 2. The van der Waals surface area contributed by atoms with Gasteiger partial charge in [0.1, 0.15) is 0 Å². The summed E-state index contributed by atoms with van der Waals surface area (Å²) in [4.78, 5) is 0. The minimum Gasteiger partial charge on any atom is -0.0622 e. The fourth-order valence-corrected chi connectivity index (χ4v) is 2.07. The average molecular weight is 333 g/mol. The molecule has 17 heavy (non-hydrogen) atoms. The Morgan fingerprint density at radius 3 is 2.24 bits per heavy atom. The molecule has 0 nitrogen and oxygen atoms in total. The van der Waals surface area contributed by atoms with Gasteiger partial charge in [-0.1, -0.05) is 48.5 Å². The predicted molar refractivity (Wildman–Crippen MR) is 83.4 cm³/mol. The van der Waals surface area contributed by atoms with Crippen LogP contribution in [0, 0.1) is 10.5 Å². The Morgan fingerprint density at radius 2 is 1.65 bits per heavy atom. The normalized spacial score (nSPS) is 11.5. The second-order valence-corrected chi connectivity index (χ2v) is 5.08. The van der Waals surface area contributed by atoms with Gasteiger partial charge in [-0.15, -0.1) is 0 Å². The van der Waals surface area contributed by atoms with Crippen LogP contribution in [0.5, 0.6) is 0 Å². The predicted octanol–water partition coefficient (Wildman–Crippen LogP) is 5.06. The van der Waals surface area contributed by atoms with E-state index in [-0.39, 0.29) is 0 Å². The summed E-state index contributed by atoms with van der Waals surface area (Å²) in [6, 6.07) is 18.9. The average Bonchev–Trinajstić information content (AvgIpc) is 2.39.